The van der Waals surface area contributed by atoms with Crippen molar-refractivity contribution in [2.75, 3.05) is 14.2 Å². The third-order valence-corrected chi connectivity index (χ3v) is 2.90. The normalized spacial score (nSPS) is 12.4. The lowest BCUT2D eigenvalue weighted by Crippen LogP contribution is -2.21. The lowest BCUT2D eigenvalue weighted by Gasteiger charge is -2.19. The highest BCUT2D eigenvalue weighted by molar-refractivity contribution is 5.54. The SMILES string of the molecule is CCC(N)Cc1cc(OC)c(OC(C)C)c(OC)c1. The van der Waals surface area contributed by atoms with Gasteiger partial charge in [-0.15, -0.1) is 0 Å². The third kappa shape index (κ3) is 4.31. The van der Waals surface area contributed by atoms with Gasteiger partial charge in [-0.25, -0.2) is 0 Å². The second-order valence-corrected chi connectivity index (χ2v) is 4.87. The van der Waals surface area contributed by atoms with Gasteiger partial charge in [0.25, 0.3) is 0 Å². The predicted octanol–water partition coefficient (Wildman–Crippen LogP) is 2.77. The van der Waals surface area contributed by atoms with E-state index in [0.29, 0.717) is 17.2 Å². The quantitative estimate of drug-likeness (QED) is 0.825. The molecule has 0 saturated carbocycles. The molecule has 19 heavy (non-hydrogen) atoms. The Kier molecular flexibility index (Phi) is 5.96. The topological polar surface area (TPSA) is 53.7 Å². The van der Waals surface area contributed by atoms with Crippen LogP contribution in [0.25, 0.3) is 0 Å². The number of benzene rings is 1. The Morgan fingerprint density at radius 3 is 2.00 bits per heavy atom. The molecule has 4 nitrogen and oxygen atoms in total. The van der Waals surface area contributed by atoms with Crippen LogP contribution in [-0.4, -0.2) is 26.4 Å². The molecule has 0 aromatic heterocycles. The first-order valence-electron chi connectivity index (χ1n) is 6.68. The van der Waals surface area contributed by atoms with E-state index in [9.17, 15) is 0 Å². The van der Waals surface area contributed by atoms with E-state index < -0.39 is 0 Å². The van der Waals surface area contributed by atoms with E-state index in [1.165, 1.54) is 0 Å². The molecular formula is C15H25NO3. The van der Waals surface area contributed by atoms with Crippen LogP contribution < -0.4 is 19.9 Å². The third-order valence-electron chi connectivity index (χ3n) is 2.90. The molecular weight excluding hydrogens is 242 g/mol. The summed E-state index contributed by atoms with van der Waals surface area (Å²) in [5, 5.41) is 0. The van der Waals surface area contributed by atoms with Gasteiger partial charge >= 0.3 is 0 Å². The van der Waals surface area contributed by atoms with E-state index >= 15 is 0 Å². The summed E-state index contributed by atoms with van der Waals surface area (Å²) in [5.74, 6) is 2.02. The van der Waals surface area contributed by atoms with Crippen LogP contribution in [0.15, 0.2) is 12.1 Å². The van der Waals surface area contributed by atoms with Crippen LogP contribution in [0, 0.1) is 0 Å². The first kappa shape index (κ1) is 15.6. The second-order valence-electron chi connectivity index (χ2n) is 4.87. The summed E-state index contributed by atoms with van der Waals surface area (Å²) < 4.78 is 16.6. The molecule has 0 amide bonds. The molecule has 1 rings (SSSR count). The Morgan fingerprint density at radius 1 is 1.11 bits per heavy atom. The Balaban J connectivity index is 3.12. The van der Waals surface area contributed by atoms with Gasteiger partial charge in [0, 0.05) is 6.04 Å². The van der Waals surface area contributed by atoms with Crippen LogP contribution in [0.2, 0.25) is 0 Å². The monoisotopic (exact) mass is 267 g/mol. The van der Waals surface area contributed by atoms with Crippen LogP contribution in [0.3, 0.4) is 0 Å². The van der Waals surface area contributed by atoms with E-state index in [4.69, 9.17) is 19.9 Å². The zero-order valence-electron chi connectivity index (χ0n) is 12.5. The predicted molar refractivity (Wildman–Crippen MR) is 77.3 cm³/mol. The molecule has 0 saturated heterocycles. The lowest BCUT2D eigenvalue weighted by atomic mass is 10.0. The van der Waals surface area contributed by atoms with Gasteiger partial charge < -0.3 is 19.9 Å². The molecule has 4 heteroatoms. The second kappa shape index (κ2) is 7.24. The summed E-state index contributed by atoms with van der Waals surface area (Å²) in [6.07, 6.45) is 1.80. The number of nitrogens with two attached hydrogens (primary N) is 1. The van der Waals surface area contributed by atoms with Gasteiger partial charge in [-0.1, -0.05) is 6.92 Å². The smallest absolute Gasteiger partial charge is 0.203 e. The van der Waals surface area contributed by atoms with E-state index in [1.54, 1.807) is 14.2 Å². The van der Waals surface area contributed by atoms with E-state index in [-0.39, 0.29) is 12.1 Å². The summed E-state index contributed by atoms with van der Waals surface area (Å²) in [5.41, 5.74) is 7.09. The highest BCUT2D eigenvalue weighted by Crippen LogP contribution is 2.39. The fourth-order valence-corrected chi connectivity index (χ4v) is 1.85. The van der Waals surface area contributed by atoms with E-state index in [1.807, 2.05) is 26.0 Å². The Morgan fingerprint density at radius 2 is 1.63 bits per heavy atom. The summed E-state index contributed by atoms with van der Waals surface area (Å²) >= 11 is 0. The van der Waals surface area contributed by atoms with Crippen LogP contribution in [-0.2, 0) is 6.42 Å². The molecule has 0 aliphatic heterocycles. The van der Waals surface area contributed by atoms with Gasteiger partial charge in [-0.05, 0) is 44.4 Å². The molecule has 1 atom stereocenters. The molecule has 0 aliphatic rings. The van der Waals surface area contributed by atoms with Crippen molar-refractivity contribution < 1.29 is 14.2 Å². The number of ether oxygens (including phenoxy) is 3. The summed E-state index contributed by atoms with van der Waals surface area (Å²) in [4.78, 5) is 0. The standard InChI is InChI=1S/C15H25NO3/c1-6-12(16)7-11-8-13(17-4)15(19-10(2)3)14(9-11)18-5/h8-10,12H,6-7,16H2,1-5H3. The molecule has 0 radical (unpaired) electrons. The summed E-state index contributed by atoms with van der Waals surface area (Å²) in [6.45, 7) is 6.02. The molecule has 1 aromatic carbocycles. The first-order chi connectivity index (χ1) is 9.01. The zero-order chi connectivity index (χ0) is 14.4. The Labute approximate surface area is 115 Å². The number of hydrogen-bond acceptors (Lipinski definition) is 4. The van der Waals surface area contributed by atoms with Gasteiger partial charge in [0.05, 0.1) is 20.3 Å². The van der Waals surface area contributed by atoms with Crippen LogP contribution in [0.1, 0.15) is 32.8 Å². The average molecular weight is 267 g/mol. The van der Waals surface area contributed by atoms with E-state index in [0.717, 1.165) is 18.4 Å². The Bertz CT molecular complexity index is 379. The minimum atomic E-state index is 0.0616. The molecule has 2 N–H and O–H groups in total. The molecule has 1 unspecified atom stereocenters. The van der Waals surface area contributed by atoms with Gasteiger partial charge in [0.15, 0.2) is 11.5 Å². The summed E-state index contributed by atoms with van der Waals surface area (Å²) in [6, 6.07) is 4.08. The van der Waals surface area contributed by atoms with Crippen LogP contribution >= 0.6 is 0 Å². The highest BCUT2D eigenvalue weighted by atomic mass is 16.5. The molecule has 1 aromatic rings. The molecule has 0 spiro atoms. The molecule has 0 aliphatic carbocycles. The fraction of sp³-hybridized carbons (Fsp3) is 0.600. The van der Waals surface area contributed by atoms with Gasteiger partial charge in [-0.3, -0.25) is 0 Å². The van der Waals surface area contributed by atoms with Crippen LogP contribution in [0.4, 0.5) is 0 Å². The van der Waals surface area contributed by atoms with Crippen molar-refractivity contribution >= 4 is 0 Å². The molecule has 0 bridgehead atoms. The van der Waals surface area contributed by atoms with Crippen molar-refractivity contribution in [1.82, 2.24) is 0 Å². The van der Waals surface area contributed by atoms with Gasteiger partial charge in [-0.2, -0.15) is 0 Å². The van der Waals surface area contributed by atoms with Gasteiger partial charge in [0.1, 0.15) is 0 Å². The van der Waals surface area contributed by atoms with Crippen molar-refractivity contribution in [3.05, 3.63) is 17.7 Å². The molecule has 108 valence electrons. The summed E-state index contributed by atoms with van der Waals surface area (Å²) in [7, 11) is 3.26. The molecule has 0 fully saturated rings. The van der Waals surface area contributed by atoms with Crippen molar-refractivity contribution in [1.29, 1.82) is 0 Å². The highest BCUT2D eigenvalue weighted by Gasteiger charge is 2.16. The van der Waals surface area contributed by atoms with Crippen LogP contribution in [0.5, 0.6) is 17.2 Å². The molecule has 0 heterocycles. The number of methoxy groups -OCH3 is 2. The average Bonchev–Trinajstić information content (AvgIpc) is 2.39. The van der Waals surface area contributed by atoms with E-state index in [2.05, 4.69) is 6.92 Å². The first-order valence-corrected chi connectivity index (χ1v) is 6.68. The number of hydrogen-bond donors (Lipinski definition) is 1. The van der Waals surface area contributed by atoms with Crippen molar-refractivity contribution in [3.8, 4) is 17.2 Å². The zero-order valence-corrected chi connectivity index (χ0v) is 12.5. The minimum Gasteiger partial charge on any atom is -0.493 e. The van der Waals surface area contributed by atoms with Crippen molar-refractivity contribution in [3.63, 3.8) is 0 Å². The maximum Gasteiger partial charge on any atom is 0.203 e. The maximum absolute atomic E-state index is 5.99. The van der Waals surface area contributed by atoms with Crippen molar-refractivity contribution in [2.45, 2.75) is 45.8 Å². The maximum atomic E-state index is 5.99. The largest absolute Gasteiger partial charge is 0.493 e. The lowest BCUT2D eigenvalue weighted by molar-refractivity contribution is 0.218. The number of rotatable bonds is 7. The van der Waals surface area contributed by atoms with Crippen molar-refractivity contribution in [2.24, 2.45) is 5.73 Å². The Hall–Kier alpha value is -1.42. The fourth-order valence-electron chi connectivity index (χ4n) is 1.85. The van der Waals surface area contributed by atoms with Gasteiger partial charge in [0.2, 0.25) is 5.75 Å². The minimum absolute atomic E-state index is 0.0616.